The Morgan fingerprint density at radius 1 is 1.21 bits per heavy atom. The molecule has 1 aromatic carbocycles. The molecule has 1 heterocycles. The molecule has 0 spiro atoms. The first-order chi connectivity index (χ1) is 13.3. The zero-order chi connectivity index (χ0) is 20.2. The lowest BCUT2D eigenvalue weighted by Crippen LogP contribution is -2.28. The van der Waals surface area contributed by atoms with Crippen LogP contribution >= 0.6 is 0 Å². The van der Waals surface area contributed by atoms with E-state index in [4.69, 9.17) is 15.1 Å². The number of aryl methyl sites for hydroxylation is 2. The summed E-state index contributed by atoms with van der Waals surface area (Å²) in [5.74, 6) is 2.54. The van der Waals surface area contributed by atoms with Gasteiger partial charge in [0.15, 0.2) is 11.5 Å². The van der Waals surface area contributed by atoms with Crippen LogP contribution < -0.4 is 5.73 Å². The maximum atomic E-state index is 11.2. The number of fused-ring (bicyclic) bond motifs is 2. The van der Waals surface area contributed by atoms with Crippen molar-refractivity contribution in [3.63, 3.8) is 0 Å². The van der Waals surface area contributed by atoms with Gasteiger partial charge >= 0.3 is 0 Å². The molecule has 0 fully saturated rings. The zero-order valence-corrected chi connectivity index (χ0v) is 17.8. The van der Waals surface area contributed by atoms with E-state index in [-0.39, 0.29) is 12.3 Å². The number of allylic oxidation sites excluding steroid dienone is 2. The average molecular weight is 381 g/mol. The number of carbonyl (C=O) groups excluding carboxylic acids is 1. The molecule has 4 heteroatoms. The molecule has 1 amide bonds. The van der Waals surface area contributed by atoms with Crippen molar-refractivity contribution >= 4 is 17.0 Å². The third kappa shape index (κ3) is 3.07. The van der Waals surface area contributed by atoms with Gasteiger partial charge in [0.05, 0.1) is 0 Å². The van der Waals surface area contributed by atoms with Crippen molar-refractivity contribution in [2.24, 2.45) is 11.7 Å². The molecule has 0 radical (unpaired) electrons. The first-order valence-electron chi connectivity index (χ1n) is 10.7. The molecule has 2 aliphatic rings. The third-order valence-corrected chi connectivity index (χ3v) is 6.83. The van der Waals surface area contributed by atoms with Crippen LogP contribution in [-0.2, 0) is 11.2 Å². The molecule has 2 aromatic rings. The summed E-state index contributed by atoms with van der Waals surface area (Å²) in [6, 6.07) is 0. The van der Waals surface area contributed by atoms with Crippen molar-refractivity contribution in [1.29, 1.82) is 0 Å². The highest BCUT2D eigenvalue weighted by molar-refractivity contribution is 5.85. The Labute approximate surface area is 167 Å². The van der Waals surface area contributed by atoms with Gasteiger partial charge in [-0.25, -0.2) is 4.98 Å². The Morgan fingerprint density at radius 3 is 2.64 bits per heavy atom. The summed E-state index contributed by atoms with van der Waals surface area (Å²) < 4.78 is 6.26. The number of benzene rings is 1. The Bertz CT molecular complexity index is 965. The molecule has 2 N–H and O–H groups in total. The molecule has 0 aliphatic heterocycles. The van der Waals surface area contributed by atoms with Crippen LogP contribution in [0.2, 0.25) is 0 Å². The molecular weight excluding hydrogens is 348 g/mol. The highest BCUT2D eigenvalue weighted by Crippen LogP contribution is 2.55. The van der Waals surface area contributed by atoms with Crippen LogP contribution in [0.4, 0.5) is 0 Å². The molecule has 1 aromatic heterocycles. The van der Waals surface area contributed by atoms with Crippen LogP contribution in [0, 0.1) is 12.8 Å². The van der Waals surface area contributed by atoms with Gasteiger partial charge < -0.3 is 10.2 Å². The summed E-state index contributed by atoms with van der Waals surface area (Å²) in [5.41, 5.74) is 14.3. The Morgan fingerprint density at radius 2 is 1.96 bits per heavy atom. The lowest BCUT2D eigenvalue weighted by atomic mass is 9.62. The third-order valence-electron chi connectivity index (χ3n) is 6.83. The summed E-state index contributed by atoms with van der Waals surface area (Å²) in [6.45, 7) is 11.3. The molecular formula is C24H32N2O2. The molecule has 0 saturated heterocycles. The predicted molar refractivity (Wildman–Crippen MR) is 113 cm³/mol. The van der Waals surface area contributed by atoms with Crippen LogP contribution in [0.15, 0.2) is 16.1 Å². The number of amides is 1. The van der Waals surface area contributed by atoms with Crippen molar-refractivity contribution < 1.29 is 9.21 Å². The fourth-order valence-corrected chi connectivity index (χ4v) is 5.63. The topological polar surface area (TPSA) is 69.1 Å². The highest BCUT2D eigenvalue weighted by Gasteiger charge is 2.40. The van der Waals surface area contributed by atoms with E-state index in [1.165, 1.54) is 41.5 Å². The Balaban J connectivity index is 1.98. The van der Waals surface area contributed by atoms with E-state index in [9.17, 15) is 4.79 Å². The van der Waals surface area contributed by atoms with Gasteiger partial charge in [-0.05, 0) is 74.5 Å². The smallest absolute Gasteiger partial charge is 0.217 e. The van der Waals surface area contributed by atoms with Gasteiger partial charge in [-0.15, -0.1) is 0 Å². The maximum Gasteiger partial charge on any atom is 0.217 e. The summed E-state index contributed by atoms with van der Waals surface area (Å²) in [7, 11) is 0. The molecule has 150 valence electrons. The zero-order valence-electron chi connectivity index (χ0n) is 17.8. The summed E-state index contributed by atoms with van der Waals surface area (Å²) in [5, 5.41) is 0. The van der Waals surface area contributed by atoms with Crippen molar-refractivity contribution in [3.05, 3.63) is 39.8 Å². The van der Waals surface area contributed by atoms with Gasteiger partial charge in [0.25, 0.3) is 0 Å². The van der Waals surface area contributed by atoms with Crippen LogP contribution in [-0.4, -0.2) is 10.9 Å². The van der Waals surface area contributed by atoms with Gasteiger partial charge in [-0.1, -0.05) is 25.5 Å². The highest BCUT2D eigenvalue weighted by atomic mass is 16.3. The Hall–Kier alpha value is -2.10. The minimum atomic E-state index is -0.314. The monoisotopic (exact) mass is 380 g/mol. The molecule has 2 aliphatic carbocycles. The summed E-state index contributed by atoms with van der Waals surface area (Å²) >= 11 is 0. The molecule has 4 rings (SSSR count). The number of nitrogens with two attached hydrogens (primary N) is 1. The van der Waals surface area contributed by atoms with Gasteiger partial charge in [0.1, 0.15) is 5.52 Å². The van der Waals surface area contributed by atoms with Crippen molar-refractivity contribution in [2.75, 3.05) is 0 Å². The number of aromatic nitrogens is 1. The number of carbonyl (C=O) groups is 1. The largest absolute Gasteiger partial charge is 0.440 e. The van der Waals surface area contributed by atoms with E-state index < -0.39 is 0 Å². The Kier molecular flexibility index (Phi) is 4.84. The van der Waals surface area contributed by atoms with E-state index in [1.807, 2.05) is 0 Å². The minimum absolute atomic E-state index is 0.274. The fraction of sp³-hybridized carbons (Fsp3) is 0.583. The van der Waals surface area contributed by atoms with Crippen LogP contribution in [0.1, 0.15) is 99.3 Å². The van der Waals surface area contributed by atoms with Gasteiger partial charge in [-0.3, -0.25) is 4.79 Å². The molecule has 28 heavy (non-hydrogen) atoms. The number of rotatable bonds is 4. The van der Waals surface area contributed by atoms with Crippen molar-refractivity contribution in [2.45, 2.75) is 84.5 Å². The van der Waals surface area contributed by atoms with E-state index >= 15 is 0 Å². The molecule has 4 atom stereocenters. The van der Waals surface area contributed by atoms with E-state index in [0.29, 0.717) is 36.0 Å². The fourth-order valence-electron chi connectivity index (χ4n) is 5.63. The van der Waals surface area contributed by atoms with E-state index in [0.717, 1.165) is 11.1 Å². The van der Waals surface area contributed by atoms with Crippen LogP contribution in [0.3, 0.4) is 0 Å². The predicted octanol–water partition coefficient (Wildman–Crippen LogP) is 5.62. The maximum absolute atomic E-state index is 11.2. The first kappa shape index (κ1) is 19.2. The summed E-state index contributed by atoms with van der Waals surface area (Å²) in [4.78, 5) is 16.0. The molecule has 0 saturated carbocycles. The van der Waals surface area contributed by atoms with Crippen LogP contribution in [0.5, 0.6) is 0 Å². The van der Waals surface area contributed by atoms with E-state index in [1.54, 1.807) is 5.56 Å². The molecule has 4 nitrogen and oxygen atoms in total. The van der Waals surface area contributed by atoms with Gasteiger partial charge in [0.2, 0.25) is 5.91 Å². The molecule has 0 bridgehead atoms. The number of hydrogen-bond donors (Lipinski definition) is 1. The number of oxazole rings is 1. The van der Waals surface area contributed by atoms with E-state index in [2.05, 4.69) is 40.7 Å². The second kappa shape index (κ2) is 7.06. The van der Waals surface area contributed by atoms with Gasteiger partial charge in [-0.2, -0.15) is 0 Å². The standard InChI is InChI=1S/C24H32N2O2/c1-12(2)10-16-11-14(4)17-7-6-13(3)20-22(17)21(16)15(5)23-24(20)28-19(26-23)9-8-18(25)27/h10,13-14,16-17H,6-9,11H2,1-5H3,(H2,25,27)/t13-,14-,16+,17+/m0/s1. The average Bonchev–Trinajstić information content (AvgIpc) is 3.03. The minimum Gasteiger partial charge on any atom is -0.440 e. The number of hydrogen-bond acceptors (Lipinski definition) is 3. The normalized spacial score (nSPS) is 26.2. The SMILES string of the molecule is CC(C)=C[C@@H]1C[C@H](C)[C@H]2CC[C@H](C)c3c2c1c(C)c1nc(CCC(N)=O)oc31. The quantitative estimate of drug-likeness (QED) is 0.699. The first-order valence-corrected chi connectivity index (χ1v) is 10.7. The summed E-state index contributed by atoms with van der Waals surface area (Å²) in [6.07, 6.45) is 6.85. The van der Waals surface area contributed by atoms with Crippen molar-refractivity contribution in [3.8, 4) is 0 Å². The number of primary amides is 1. The number of nitrogens with zero attached hydrogens (tertiary/aromatic N) is 1. The van der Waals surface area contributed by atoms with Crippen molar-refractivity contribution in [1.82, 2.24) is 4.98 Å². The second-order valence-corrected chi connectivity index (χ2v) is 9.27. The van der Waals surface area contributed by atoms with Crippen LogP contribution in [0.25, 0.3) is 11.1 Å². The second-order valence-electron chi connectivity index (χ2n) is 9.27. The molecule has 0 unspecified atom stereocenters. The van der Waals surface area contributed by atoms with Gasteiger partial charge in [0, 0.05) is 24.3 Å². The lowest BCUT2D eigenvalue weighted by Gasteiger charge is -2.42. The lowest BCUT2D eigenvalue weighted by molar-refractivity contribution is -0.118.